The van der Waals surface area contributed by atoms with E-state index in [2.05, 4.69) is 5.32 Å². The molecule has 0 heterocycles. The number of hydrogen-bond donors (Lipinski definition) is 1. The van der Waals surface area contributed by atoms with Crippen molar-refractivity contribution in [2.45, 2.75) is 26.3 Å². The van der Waals surface area contributed by atoms with Crippen molar-refractivity contribution in [3.8, 4) is 0 Å². The summed E-state index contributed by atoms with van der Waals surface area (Å²) in [6.07, 6.45) is 2.43. The molecule has 0 saturated heterocycles. The Hall–Kier alpha value is -1.14. The Labute approximate surface area is 120 Å². The van der Waals surface area contributed by atoms with Gasteiger partial charge in [-0.05, 0) is 31.9 Å². The fourth-order valence-corrected chi connectivity index (χ4v) is 2.56. The van der Waals surface area contributed by atoms with Crippen molar-refractivity contribution in [2.75, 3.05) is 17.3 Å². The summed E-state index contributed by atoms with van der Waals surface area (Å²) < 4.78 is 11.0. The van der Waals surface area contributed by atoms with Crippen molar-refractivity contribution < 1.29 is 9.13 Å². The van der Waals surface area contributed by atoms with E-state index in [0.717, 1.165) is 17.7 Å². The topological polar surface area (TPSA) is 72.2 Å². The fraction of sp³-hybridized carbons (Fsp3) is 0.500. The van der Waals surface area contributed by atoms with Gasteiger partial charge in [-0.1, -0.05) is 11.6 Å². The molecule has 1 N–H and O–H groups in total. The number of nitro benzene ring substituents is 1. The molecule has 0 saturated carbocycles. The molecule has 0 fully saturated rings. The largest absolute Gasteiger partial charge is 0.382 e. The van der Waals surface area contributed by atoms with Crippen LogP contribution in [0.5, 0.6) is 0 Å². The van der Waals surface area contributed by atoms with E-state index in [1.807, 2.05) is 6.92 Å². The van der Waals surface area contributed by atoms with Crippen LogP contribution < -0.4 is 5.32 Å². The first kappa shape index (κ1) is 15.9. The Morgan fingerprint density at radius 3 is 2.68 bits per heavy atom. The summed E-state index contributed by atoms with van der Waals surface area (Å²) in [4.78, 5) is 10.3. The highest BCUT2D eigenvalue weighted by atomic mass is 35.5. The summed E-state index contributed by atoms with van der Waals surface area (Å²) in [5, 5.41) is 14.1. The highest BCUT2D eigenvalue weighted by Gasteiger charge is 2.15. The molecular formula is C12H17ClN2O3S. The van der Waals surface area contributed by atoms with E-state index in [1.54, 1.807) is 19.2 Å². The molecule has 1 rings (SSSR count). The molecule has 7 heteroatoms. The Balaban J connectivity index is 2.82. The Bertz CT molecular complexity index is 508. The molecule has 1 aromatic carbocycles. The highest BCUT2D eigenvalue weighted by molar-refractivity contribution is 7.84. The van der Waals surface area contributed by atoms with E-state index in [-0.39, 0.29) is 16.8 Å². The third kappa shape index (κ3) is 4.80. The summed E-state index contributed by atoms with van der Waals surface area (Å²) in [6.45, 7) is 3.76. The standard InChI is InChI=1S/C12H17ClN2O3S/c1-8-6-12(15(16)17)10(13)7-11(8)14-9(2)4-5-19(3)18/h6-7,9,14H,4-5H2,1-3H3. The minimum absolute atomic E-state index is 0.0907. The van der Waals surface area contributed by atoms with Gasteiger partial charge < -0.3 is 5.32 Å². The Morgan fingerprint density at radius 2 is 2.16 bits per heavy atom. The van der Waals surface area contributed by atoms with Crippen LogP contribution in [0.2, 0.25) is 5.02 Å². The molecule has 106 valence electrons. The van der Waals surface area contributed by atoms with Gasteiger partial charge in [-0.3, -0.25) is 14.3 Å². The van der Waals surface area contributed by atoms with E-state index in [0.29, 0.717) is 5.75 Å². The van der Waals surface area contributed by atoms with E-state index >= 15 is 0 Å². The summed E-state index contributed by atoms with van der Waals surface area (Å²) in [5.74, 6) is 0.619. The van der Waals surface area contributed by atoms with Gasteiger partial charge in [0.1, 0.15) is 5.02 Å². The average Bonchev–Trinajstić information content (AvgIpc) is 2.30. The number of benzene rings is 1. The van der Waals surface area contributed by atoms with E-state index < -0.39 is 15.7 Å². The molecule has 5 nitrogen and oxygen atoms in total. The highest BCUT2D eigenvalue weighted by Crippen LogP contribution is 2.30. The van der Waals surface area contributed by atoms with Crippen LogP contribution >= 0.6 is 11.6 Å². The quantitative estimate of drug-likeness (QED) is 0.647. The van der Waals surface area contributed by atoms with Crippen LogP contribution in [0.25, 0.3) is 0 Å². The maximum atomic E-state index is 11.0. The summed E-state index contributed by atoms with van der Waals surface area (Å²) in [5.41, 5.74) is 1.44. The number of anilines is 1. The Morgan fingerprint density at radius 1 is 1.53 bits per heavy atom. The van der Waals surface area contributed by atoms with E-state index in [9.17, 15) is 14.3 Å². The molecule has 19 heavy (non-hydrogen) atoms. The molecule has 0 bridgehead atoms. The number of nitro groups is 1. The van der Waals surface area contributed by atoms with Crippen LogP contribution in [0, 0.1) is 17.0 Å². The number of aryl methyl sites for hydroxylation is 1. The van der Waals surface area contributed by atoms with Crippen molar-refractivity contribution in [3.63, 3.8) is 0 Å². The molecule has 0 radical (unpaired) electrons. The summed E-state index contributed by atoms with van der Waals surface area (Å²) >= 11 is 5.88. The van der Waals surface area contributed by atoms with Crippen LogP contribution in [0.15, 0.2) is 12.1 Å². The maximum absolute atomic E-state index is 11.0. The maximum Gasteiger partial charge on any atom is 0.288 e. The third-order valence-corrected chi connectivity index (χ3v) is 3.84. The molecule has 0 amide bonds. The second-order valence-corrected chi connectivity index (χ2v) is 6.45. The average molecular weight is 305 g/mol. The number of rotatable bonds is 6. The number of halogens is 1. The zero-order valence-electron chi connectivity index (χ0n) is 11.1. The molecule has 2 unspecified atom stereocenters. The first-order valence-electron chi connectivity index (χ1n) is 5.82. The molecule has 0 aliphatic carbocycles. The van der Waals surface area contributed by atoms with Crippen LogP contribution in [0.4, 0.5) is 11.4 Å². The third-order valence-electron chi connectivity index (χ3n) is 2.73. The van der Waals surface area contributed by atoms with Crippen molar-refractivity contribution in [2.24, 2.45) is 0 Å². The minimum Gasteiger partial charge on any atom is -0.382 e. The normalized spacial score (nSPS) is 13.9. The van der Waals surface area contributed by atoms with Crippen LogP contribution in [-0.4, -0.2) is 27.2 Å². The molecular weight excluding hydrogens is 288 g/mol. The number of nitrogens with zero attached hydrogens (tertiary/aromatic N) is 1. The van der Waals surface area contributed by atoms with Gasteiger partial charge in [0.25, 0.3) is 5.69 Å². The first-order chi connectivity index (χ1) is 8.81. The SMILES string of the molecule is Cc1cc([N+](=O)[O-])c(Cl)cc1NC(C)CCS(C)=O. The van der Waals surface area contributed by atoms with Gasteiger partial charge in [0.2, 0.25) is 0 Å². The lowest BCUT2D eigenvalue weighted by Crippen LogP contribution is -2.18. The smallest absolute Gasteiger partial charge is 0.288 e. The van der Waals surface area contributed by atoms with Crippen LogP contribution in [-0.2, 0) is 10.8 Å². The van der Waals surface area contributed by atoms with Crippen molar-refractivity contribution in [3.05, 3.63) is 32.8 Å². The second-order valence-electron chi connectivity index (χ2n) is 4.49. The van der Waals surface area contributed by atoms with E-state index in [4.69, 9.17) is 11.6 Å². The van der Waals surface area contributed by atoms with Crippen LogP contribution in [0.1, 0.15) is 18.9 Å². The fourth-order valence-electron chi connectivity index (χ4n) is 1.64. The molecule has 1 aromatic rings. The van der Waals surface area contributed by atoms with Gasteiger partial charge in [-0.15, -0.1) is 0 Å². The zero-order valence-corrected chi connectivity index (χ0v) is 12.7. The van der Waals surface area contributed by atoms with Gasteiger partial charge >= 0.3 is 0 Å². The lowest BCUT2D eigenvalue weighted by Gasteiger charge is -2.16. The molecule has 2 atom stereocenters. The zero-order chi connectivity index (χ0) is 14.6. The van der Waals surface area contributed by atoms with Crippen molar-refractivity contribution >= 4 is 33.8 Å². The molecule has 0 aliphatic heterocycles. The first-order valence-corrected chi connectivity index (χ1v) is 7.93. The van der Waals surface area contributed by atoms with Crippen molar-refractivity contribution in [1.82, 2.24) is 0 Å². The van der Waals surface area contributed by atoms with E-state index in [1.165, 1.54) is 6.07 Å². The molecule has 0 aliphatic rings. The second kappa shape index (κ2) is 6.86. The summed E-state index contributed by atoms with van der Waals surface area (Å²) in [7, 11) is -0.819. The van der Waals surface area contributed by atoms with Gasteiger partial charge in [0, 0.05) is 40.6 Å². The lowest BCUT2D eigenvalue weighted by atomic mass is 10.1. The van der Waals surface area contributed by atoms with Gasteiger partial charge in [-0.25, -0.2) is 0 Å². The predicted octanol–water partition coefficient (Wildman–Crippen LogP) is 3.13. The molecule has 0 aromatic heterocycles. The lowest BCUT2D eigenvalue weighted by molar-refractivity contribution is -0.384. The van der Waals surface area contributed by atoms with Crippen LogP contribution in [0.3, 0.4) is 0 Å². The van der Waals surface area contributed by atoms with Gasteiger partial charge in [-0.2, -0.15) is 0 Å². The Kier molecular flexibility index (Phi) is 5.75. The minimum atomic E-state index is -0.819. The number of nitrogens with one attached hydrogen (secondary N) is 1. The number of hydrogen-bond acceptors (Lipinski definition) is 4. The predicted molar refractivity (Wildman–Crippen MR) is 79.5 cm³/mol. The monoisotopic (exact) mass is 304 g/mol. The summed E-state index contributed by atoms with van der Waals surface area (Å²) in [6, 6.07) is 3.14. The van der Waals surface area contributed by atoms with Gasteiger partial charge in [0.15, 0.2) is 0 Å². The van der Waals surface area contributed by atoms with Crippen molar-refractivity contribution in [1.29, 1.82) is 0 Å². The molecule has 0 spiro atoms. The van der Waals surface area contributed by atoms with Gasteiger partial charge in [0.05, 0.1) is 4.92 Å².